The Morgan fingerprint density at radius 1 is 1.00 bits per heavy atom. The van der Waals surface area contributed by atoms with Crippen molar-refractivity contribution in [1.29, 1.82) is 0 Å². The Balaban J connectivity index is 1.60. The van der Waals surface area contributed by atoms with Crippen LogP contribution in [-0.4, -0.2) is 15.9 Å². The smallest absolute Gasteiger partial charge is 0.268 e. The van der Waals surface area contributed by atoms with Crippen molar-refractivity contribution in [1.82, 2.24) is 9.97 Å². The molecule has 0 spiro atoms. The summed E-state index contributed by atoms with van der Waals surface area (Å²) in [4.78, 5) is 21.6. The van der Waals surface area contributed by atoms with Gasteiger partial charge in [-0.15, -0.1) is 0 Å². The number of hydrogen-bond acceptors (Lipinski definition) is 5. The summed E-state index contributed by atoms with van der Waals surface area (Å²) in [6, 6.07) is 18.5. The number of aromatic nitrogens is 2. The van der Waals surface area contributed by atoms with E-state index in [1.807, 2.05) is 18.2 Å². The standard InChI is InChI=1S/C18H16N4OS/c19-18(23)16-11-20-12-17(22-16)21-10-13-6-8-15(9-7-13)24-14-4-2-1-3-5-14/h1-9,11-12H,10H2,(H2,19,23)(H,21,22). The first-order valence-corrected chi connectivity index (χ1v) is 8.20. The van der Waals surface area contributed by atoms with Crippen molar-refractivity contribution in [3.63, 3.8) is 0 Å². The van der Waals surface area contributed by atoms with Crippen LogP contribution in [-0.2, 0) is 6.54 Å². The molecule has 3 aromatic rings. The lowest BCUT2D eigenvalue weighted by Gasteiger charge is -2.07. The van der Waals surface area contributed by atoms with Gasteiger partial charge in [-0.1, -0.05) is 42.1 Å². The van der Waals surface area contributed by atoms with Crippen LogP contribution in [0.2, 0.25) is 0 Å². The van der Waals surface area contributed by atoms with E-state index in [-0.39, 0.29) is 5.69 Å². The van der Waals surface area contributed by atoms with Crippen molar-refractivity contribution in [3.05, 3.63) is 78.2 Å². The normalized spacial score (nSPS) is 10.3. The molecule has 0 aliphatic heterocycles. The average molecular weight is 336 g/mol. The molecule has 0 atom stereocenters. The highest BCUT2D eigenvalue weighted by Crippen LogP contribution is 2.27. The summed E-state index contributed by atoms with van der Waals surface area (Å²) in [6.07, 6.45) is 2.91. The maximum atomic E-state index is 11.1. The van der Waals surface area contributed by atoms with Gasteiger partial charge in [-0.05, 0) is 29.8 Å². The van der Waals surface area contributed by atoms with E-state index in [0.29, 0.717) is 12.4 Å². The zero-order chi connectivity index (χ0) is 16.8. The molecule has 3 rings (SSSR count). The maximum Gasteiger partial charge on any atom is 0.268 e. The number of nitrogens with two attached hydrogens (primary N) is 1. The average Bonchev–Trinajstić information content (AvgIpc) is 2.62. The number of amides is 1. The molecule has 1 heterocycles. The van der Waals surface area contributed by atoms with Crippen molar-refractivity contribution in [2.24, 2.45) is 5.73 Å². The Labute approximate surface area is 144 Å². The van der Waals surface area contributed by atoms with E-state index in [2.05, 4.69) is 51.7 Å². The molecule has 0 saturated heterocycles. The molecule has 120 valence electrons. The number of anilines is 1. The van der Waals surface area contributed by atoms with Gasteiger partial charge >= 0.3 is 0 Å². The lowest BCUT2D eigenvalue weighted by Crippen LogP contribution is -2.14. The molecule has 0 unspecified atom stereocenters. The fourth-order valence-electron chi connectivity index (χ4n) is 2.06. The van der Waals surface area contributed by atoms with E-state index in [4.69, 9.17) is 5.73 Å². The largest absolute Gasteiger partial charge is 0.365 e. The van der Waals surface area contributed by atoms with Crippen LogP contribution in [0.1, 0.15) is 16.1 Å². The Hall–Kier alpha value is -2.86. The van der Waals surface area contributed by atoms with Gasteiger partial charge in [0.1, 0.15) is 11.5 Å². The first kappa shape index (κ1) is 16.0. The highest BCUT2D eigenvalue weighted by molar-refractivity contribution is 7.99. The summed E-state index contributed by atoms with van der Waals surface area (Å²) < 4.78 is 0. The minimum Gasteiger partial charge on any atom is -0.365 e. The van der Waals surface area contributed by atoms with Crippen molar-refractivity contribution in [2.45, 2.75) is 16.3 Å². The minimum atomic E-state index is -0.589. The third-order valence-electron chi connectivity index (χ3n) is 3.26. The first-order valence-electron chi connectivity index (χ1n) is 7.38. The van der Waals surface area contributed by atoms with Crippen LogP contribution in [0.15, 0.2) is 76.8 Å². The van der Waals surface area contributed by atoms with Gasteiger partial charge in [-0.2, -0.15) is 0 Å². The molecule has 6 heteroatoms. The number of nitrogens with zero attached hydrogens (tertiary/aromatic N) is 2. The second kappa shape index (κ2) is 7.61. The van der Waals surface area contributed by atoms with Gasteiger partial charge in [0.05, 0.1) is 12.4 Å². The number of carbonyl (C=O) groups is 1. The van der Waals surface area contributed by atoms with Crippen LogP contribution < -0.4 is 11.1 Å². The van der Waals surface area contributed by atoms with Gasteiger partial charge in [-0.25, -0.2) is 4.98 Å². The summed E-state index contributed by atoms with van der Waals surface area (Å²) in [5.41, 5.74) is 6.46. The monoisotopic (exact) mass is 336 g/mol. The van der Waals surface area contributed by atoms with E-state index in [1.54, 1.807) is 18.0 Å². The maximum absolute atomic E-state index is 11.1. The fraction of sp³-hybridized carbons (Fsp3) is 0.0556. The molecule has 3 N–H and O–H groups in total. The van der Waals surface area contributed by atoms with E-state index < -0.39 is 5.91 Å². The number of carbonyl (C=O) groups excluding carboxylic acids is 1. The Morgan fingerprint density at radius 2 is 1.71 bits per heavy atom. The topological polar surface area (TPSA) is 80.9 Å². The minimum absolute atomic E-state index is 0.148. The van der Waals surface area contributed by atoms with Gasteiger partial charge in [0.15, 0.2) is 0 Å². The molecule has 24 heavy (non-hydrogen) atoms. The molecule has 0 aliphatic rings. The Morgan fingerprint density at radius 3 is 2.42 bits per heavy atom. The van der Waals surface area contributed by atoms with Crippen molar-refractivity contribution >= 4 is 23.5 Å². The number of primary amides is 1. The lowest BCUT2D eigenvalue weighted by atomic mass is 10.2. The number of hydrogen-bond donors (Lipinski definition) is 2. The highest BCUT2D eigenvalue weighted by atomic mass is 32.2. The molecular weight excluding hydrogens is 320 g/mol. The molecule has 0 bridgehead atoms. The van der Waals surface area contributed by atoms with Crippen molar-refractivity contribution in [3.8, 4) is 0 Å². The molecule has 0 radical (unpaired) electrons. The number of benzene rings is 2. The van der Waals surface area contributed by atoms with Crippen LogP contribution >= 0.6 is 11.8 Å². The first-order chi connectivity index (χ1) is 11.7. The van der Waals surface area contributed by atoms with Gasteiger partial charge in [0, 0.05) is 16.3 Å². The summed E-state index contributed by atoms with van der Waals surface area (Å²) in [7, 11) is 0. The van der Waals surface area contributed by atoms with Gasteiger partial charge in [0.2, 0.25) is 0 Å². The molecular formula is C18H16N4OS. The van der Waals surface area contributed by atoms with E-state index in [9.17, 15) is 4.79 Å². The van der Waals surface area contributed by atoms with E-state index in [0.717, 1.165) is 5.56 Å². The van der Waals surface area contributed by atoms with Gasteiger partial charge in [0.25, 0.3) is 5.91 Å². The predicted octanol–water partition coefficient (Wildman–Crippen LogP) is 3.34. The fourth-order valence-corrected chi connectivity index (χ4v) is 2.90. The van der Waals surface area contributed by atoms with Crippen molar-refractivity contribution < 1.29 is 4.79 Å². The summed E-state index contributed by atoms with van der Waals surface area (Å²) in [6.45, 7) is 0.590. The number of nitrogens with one attached hydrogen (secondary N) is 1. The quantitative estimate of drug-likeness (QED) is 0.721. The molecule has 1 amide bonds. The van der Waals surface area contributed by atoms with Gasteiger partial charge in [-0.3, -0.25) is 9.78 Å². The second-order valence-corrected chi connectivity index (χ2v) is 6.21. The number of rotatable bonds is 6. The molecule has 2 aromatic carbocycles. The van der Waals surface area contributed by atoms with Crippen molar-refractivity contribution in [2.75, 3.05) is 5.32 Å². The van der Waals surface area contributed by atoms with Gasteiger partial charge < -0.3 is 11.1 Å². The third-order valence-corrected chi connectivity index (χ3v) is 4.28. The zero-order valence-corrected chi connectivity index (χ0v) is 13.7. The predicted molar refractivity (Wildman–Crippen MR) is 94.9 cm³/mol. The van der Waals surface area contributed by atoms with Crippen LogP contribution in [0.5, 0.6) is 0 Å². The molecule has 0 saturated carbocycles. The third kappa shape index (κ3) is 4.33. The summed E-state index contributed by atoms with van der Waals surface area (Å²) in [5.74, 6) is -0.0672. The SMILES string of the molecule is NC(=O)c1cncc(NCc2ccc(Sc3ccccc3)cc2)n1. The highest BCUT2D eigenvalue weighted by Gasteiger charge is 2.04. The molecule has 1 aromatic heterocycles. The van der Waals surface area contributed by atoms with Crippen LogP contribution in [0, 0.1) is 0 Å². The zero-order valence-electron chi connectivity index (χ0n) is 12.8. The summed E-state index contributed by atoms with van der Waals surface area (Å²) >= 11 is 1.72. The van der Waals surface area contributed by atoms with Crippen LogP contribution in [0.25, 0.3) is 0 Å². The molecule has 0 fully saturated rings. The van der Waals surface area contributed by atoms with E-state index >= 15 is 0 Å². The van der Waals surface area contributed by atoms with Crippen LogP contribution in [0.4, 0.5) is 5.82 Å². The Bertz CT molecular complexity index is 822. The van der Waals surface area contributed by atoms with Crippen LogP contribution in [0.3, 0.4) is 0 Å². The Kier molecular flexibility index (Phi) is 5.08. The molecule has 0 aliphatic carbocycles. The van der Waals surface area contributed by atoms with E-state index in [1.165, 1.54) is 16.0 Å². The molecule has 5 nitrogen and oxygen atoms in total. The second-order valence-electron chi connectivity index (χ2n) is 5.07. The summed E-state index contributed by atoms with van der Waals surface area (Å²) in [5, 5.41) is 3.14. The lowest BCUT2D eigenvalue weighted by molar-refractivity contribution is 0.0995.